The van der Waals surface area contributed by atoms with Gasteiger partial charge in [-0.05, 0) is 54.6 Å². The van der Waals surface area contributed by atoms with Crippen molar-refractivity contribution in [1.29, 1.82) is 0 Å². The van der Waals surface area contributed by atoms with Crippen molar-refractivity contribution in [2.24, 2.45) is 0 Å². The SMILES string of the molecule is O=S(=O)(Nc1cccc(-c2ccc3nnc(-c4ccccn4)n3n2)c1)c1cccc(C(F)(F)F)c1. The van der Waals surface area contributed by atoms with Gasteiger partial charge in [0.15, 0.2) is 5.65 Å². The highest BCUT2D eigenvalue weighted by atomic mass is 32.2. The largest absolute Gasteiger partial charge is 0.416 e. The van der Waals surface area contributed by atoms with E-state index in [4.69, 9.17) is 0 Å². The summed E-state index contributed by atoms with van der Waals surface area (Å²) in [6, 6.07) is 18.7. The van der Waals surface area contributed by atoms with Gasteiger partial charge >= 0.3 is 6.18 Å². The molecule has 0 saturated carbocycles. The molecule has 5 aromatic rings. The van der Waals surface area contributed by atoms with E-state index in [9.17, 15) is 21.6 Å². The lowest BCUT2D eigenvalue weighted by molar-refractivity contribution is -0.137. The first-order chi connectivity index (χ1) is 16.7. The first-order valence-electron chi connectivity index (χ1n) is 10.2. The first kappa shape index (κ1) is 22.5. The van der Waals surface area contributed by atoms with Crippen molar-refractivity contribution >= 4 is 21.4 Å². The Morgan fingerprint density at radius 3 is 2.43 bits per heavy atom. The number of sulfonamides is 1. The molecule has 0 aliphatic heterocycles. The number of nitrogens with one attached hydrogen (secondary N) is 1. The predicted octanol–water partition coefficient (Wildman–Crippen LogP) is 4.67. The van der Waals surface area contributed by atoms with E-state index in [1.54, 1.807) is 42.6 Å². The van der Waals surface area contributed by atoms with Gasteiger partial charge in [-0.1, -0.05) is 24.3 Å². The van der Waals surface area contributed by atoms with E-state index in [1.807, 2.05) is 6.07 Å². The number of alkyl halides is 3. The summed E-state index contributed by atoms with van der Waals surface area (Å²) in [7, 11) is -4.27. The molecule has 0 unspecified atom stereocenters. The monoisotopic (exact) mass is 496 g/mol. The minimum atomic E-state index is -4.66. The molecule has 8 nitrogen and oxygen atoms in total. The number of fused-ring (bicyclic) bond motifs is 1. The molecule has 5 rings (SSSR count). The van der Waals surface area contributed by atoms with Crippen LogP contribution in [-0.4, -0.2) is 33.2 Å². The lowest BCUT2D eigenvalue weighted by Gasteiger charge is -2.12. The molecule has 0 saturated heterocycles. The summed E-state index contributed by atoms with van der Waals surface area (Å²) in [5.41, 5.74) is 1.24. The second-order valence-corrected chi connectivity index (χ2v) is 9.12. The van der Waals surface area contributed by atoms with Crippen LogP contribution in [0.4, 0.5) is 18.9 Å². The smallest absolute Gasteiger partial charge is 0.280 e. The van der Waals surface area contributed by atoms with Crippen LogP contribution in [0.2, 0.25) is 0 Å². The molecule has 0 spiro atoms. The molecule has 1 N–H and O–H groups in total. The molecule has 12 heteroatoms. The Hall–Kier alpha value is -4.32. The summed E-state index contributed by atoms with van der Waals surface area (Å²) in [6.45, 7) is 0. The molecule has 0 aliphatic carbocycles. The fraction of sp³-hybridized carbons (Fsp3) is 0.0435. The van der Waals surface area contributed by atoms with E-state index in [-0.39, 0.29) is 5.69 Å². The number of nitrogens with zero attached hydrogens (tertiary/aromatic N) is 5. The zero-order valence-electron chi connectivity index (χ0n) is 17.7. The fourth-order valence-electron chi connectivity index (χ4n) is 3.39. The summed E-state index contributed by atoms with van der Waals surface area (Å²) >= 11 is 0. The Kier molecular flexibility index (Phi) is 5.44. The highest BCUT2D eigenvalue weighted by molar-refractivity contribution is 7.92. The van der Waals surface area contributed by atoms with E-state index >= 15 is 0 Å². The van der Waals surface area contributed by atoms with Gasteiger partial charge in [0.1, 0.15) is 5.69 Å². The van der Waals surface area contributed by atoms with Crippen molar-refractivity contribution in [3.8, 4) is 22.8 Å². The Morgan fingerprint density at radius 1 is 0.829 bits per heavy atom. The van der Waals surface area contributed by atoms with E-state index in [0.29, 0.717) is 34.5 Å². The average Bonchev–Trinajstić information content (AvgIpc) is 3.27. The summed E-state index contributed by atoms with van der Waals surface area (Å²) in [4.78, 5) is 3.77. The molecule has 176 valence electrons. The van der Waals surface area contributed by atoms with Crippen LogP contribution in [0.25, 0.3) is 28.4 Å². The third kappa shape index (κ3) is 4.55. The molecular weight excluding hydrogens is 481 g/mol. The van der Waals surface area contributed by atoms with Crippen LogP contribution in [0.5, 0.6) is 0 Å². The summed E-state index contributed by atoms with van der Waals surface area (Å²) < 4.78 is 68.4. The summed E-state index contributed by atoms with van der Waals surface area (Å²) in [6.07, 6.45) is -3.04. The minimum Gasteiger partial charge on any atom is -0.280 e. The second kappa shape index (κ2) is 8.47. The molecule has 0 fully saturated rings. The molecule has 0 atom stereocenters. The Morgan fingerprint density at radius 2 is 1.66 bits per heavy atom. The van der Waals surface area contributed by atoms with Crippen LogP contribution >= 0.6 is 0 Å². The third-order valence-electron chi connectivity index (χ3n) is 5.04. The molecule has 3 heterocycles. The zero-order valence-corrected chi connectivity index (χ0v) is 18.5. The van der Waals surface area contributed by atoms with Crippen LogP contribution in [-0.2, 0) is 16.2 Å². The molecule has 0 bridgehead atoms. The van der Waals surface area contributed by atoms with Crippen LogP contribution in [0.3, 0.4) is 0 Å². The van der Waals surface area contributed by atoms with Gasteiger partial charge in [0, 0.05) is 17.4 Å². The van der Waals surface area contributed by atoms with Crippen molar-refractivity contribution in [3.63, 3.8) is 0 Å². The number of anilines is 1. The second-order valence-electron chi connectivity index (χ2n) is 7.44. The van der Waals surface area contributed by atoms with Crippen molar-refractivity contribution in [2.45, 2.75) is 11.1 Å². The van der Waals surface area contributed by atoms with Gasteiger partial charge in [-0.25, -0.2) is 8.42 Å². The van der Waals surface area contributed by atoms with Crippen LogP contribution in [0.15, 0.2) is 90.0 Å². The van der Waals surface area contributed by atoms with Gasteiger partial charge in [-0.3, -0.25) is 9.71 Å². The van der Waals surface area contributed by atoms with Crippen molar-refractivity contribution in [2.75, 3.05) is 4.72 Å². The topological polar surface area (TPSA) is 102 Å². The number of rotatable bonds is 5. The molecule has 35 heavy (non-hydrogen) atoms. The highest BCUT2D eigenvalue weighted by Crippen LogP contribution is 2.31. The molecular formula is C23H15F3N6O2S. The van der Waals surface area contributed by atoms with Gasteiger partial charge in [0.25, 0.3) is 10.0 Å². The van der Waals surface area contributed by atoms with E-state index in [1.165, 1.54) is 16.6 Å². The average molecular weight is 496 g/mol. The fourth-order valence-corrected chi connectivity index (χ4v) is 4.49. The minimum absolute atomic E-state index is 0.163. The molecule has 0 aliphatic rings. The Labute approximate surface area is 197 Å². The van der Waals surface area contributed by atoms with E-state index in [2.05, 4.69) is 25.0 Å². The zero-order chi connectivity index (χ0) is 24.6. The van der Waals surface area contributed by atoms with Gasteiger partial charge in [0.2, 0.25) is 5.82 Å². The predicted molar refractivity (Wildman–Crippen MR) is 122 cm³/mol. The van der Waals surface area contributed by atoms with Crippen LogP contribution < -0.4 is 4.72 Å². The molecule has 0 amide bonds. The Bertz CT molecular complexity index is 1640. The standard InChI is InChI=1S/C23H15F3N6O2S/c24-23(25,26)16-6-4-8-18(14-16)35(33,34)31-17-7-3-5-15(13-17)19-10-11-21-28-29-22(32(21)30-19)20-9-1-2-12-27-20/h1-14,31H. The molecule has 0 radical (unpaired) electrons. The maximum Gasteiger partial charge on any atom is 0.416 e. The Balaban J connectivity index is 1.48. The van der Waals surface area contributed by atoms with E-state index < -0.39 is 26.7 Å². The van der Waals surface area contributed by atoms with Gasteiger partial charge in [-0.15, -0.1) is 10.2 Å². The first-order valence-corrected chi connectivity index (χ1v) is 11.6. The van der Waals surface area contributed by atoms with Gasteiger partial charge < -0.3 is 0 Å². The lowest BCUT2D eigenvalue weighted by atomic mass is 10.1. The van der Waals surface area contributed by atoms with E-state index in [0.717, 1.165) is 18.2 Å². The number of benzene rings is 2. The number of halogens is 3. The third-order valence-corrected chi connectivity index (χ3v) is 6.42. The maximum absolute atomic E-state index is 13.0. The van der Waals surface area contributed by atoms with Gasteiger partial charge in [0.05, 0.1) is 16.2 Å². The molecule has 3 aromatic heterocycles. The quantitative estimate of drug-likeness (QED) is 0.379. The van der Waals surface area contributed by atoms with Gasteiger partial charge in [-0.2, -0.15) is 22.8 Å². The van der Waals surface area contributed by atoms with Crippen LogP contribution in [0, 0.1) is 0 Å². The number of hydrogen-bond donors (Lipinski definition) is 1. The number of pyridine rings is 1. The van der Waals surface area contributed by atoms with Crippen LogP contribution in [0.1, 0.15) is 5.56 Å². The number of hydrogen-bond acceptors (Lipinski definition) is 6. The highest BCUT2D eigenvalue weighted by Gasteiger charge is 2.31. The normalized spacial score (nSPS) is 12.1. The van der Waals surface area contributed by atoms with Crippen molar-refractivity contribution < 1.29 is 21.6 Å². The van der Waals surface area contributed by atoms with Crippen molar-refractivity contribution in [1.82, 2.24) is 24.8 Å². The summed E-state index contributed by atoms with van der Waals surface area (Å²) in [5, 5.41) is 12.8. The number of aromatic nitrogens is 5. The summed E-state index contributed by atoms with van der Waals surface area (Å²) in [5.74, 6) is 0.434. The van der Waals surface area contributed by atoms with Crippen molar-refractivity contribution in [3.05, 3.63) is 90.6 Å². The lowest BCUT2D eigenvalue weighted by Crippen LogP contribution is -2.14. The molecule has 2 aromatic carbocycles. The maximum atomic E-state index is 13.0.